The number of pyridine rings is 1. The van der Waals surface area contributed by atoms with Crippen molar-refractivity contribution in [3.8, 4) is 11.5 Å². The van der Waals surface area contributed by atoms with Crippen LogP contribution in [0.1, 0.15) is 27.4 Å². The second kappa shape index (κ2) is 7.63. The van der Waals surface area contributed by atoms with E-state index in [2.05, 4.69) is 36.4 Å². The normalized spacial score (nSPS) is 11.4. The maximum Gasteiger partial charge on any atom is 0.416 e. The van der Waals surface area contributed by atoms with Crippen molar-refractivity contribution in [2.75, 3.05) is 5.32 Å². The summed E-state index contributed by atoms with van der Waals surface area (Å²) >= 11 is 3.21. The number of carbonyl (C=O) groups is 1. The number of carbonyl (C=O) groups excluding carboxylic acids is 1. The lowest BCUT2D eigenvalue weighted by Gasteiger charge is -2.11. The third-order valence-electron chi connectivity index (χ3n) is 3.82. The Balaban J connectivity index is 1.74. The Kier molecular flexibility index (Phi) is 5.41. The van der Waals surface area contributed by atoms with Gasteiger partial charge in [-0.05, 0) is 66.2 Å². The maximum absolute atomic E-state index is 12.6. The molecule has 0 bridgehead atoms. The molecule has 28 heavy (non-hydrogen) atoms. The zero-order chi connectivity index (χ0) is 20.5. The molecule has 3 aromatic rings. The van der Waals surface area contributed by atoms with Gasteiger partial charge in [0.2, 0.25) is 0 Å². The second-order valence-electron chi connectivity index (χ2n) is 5.87. The highest BCUT2D eigenvalue weighted by molar-refractivity contribution is 9.10. The number of amides is 1. The highest BCUT2D eigenvalue weighted by atomic mass is 79.9. The third kappa shape index (κ3) is 4.33. The van der Waals surface area contributed by atoms with Gasteiger partial charge in [0.1, 0.15) is 16.0 Å². The molecule has 0 radical (unpaired) electrons. The van der Waals surface area contributed by atoms with E-state index in [-0.39, 0.29) is 21.8 Å². The molecule has 0 atom stereocenters. The first-order chi connectivity index (χ1) is 13.1. The van der Waals surface area contributed by atoms with E-state index in [1.54, 1.807) is 13.8 Å². The largest absolute Gasteiger partial charge is 0.455 e. The number of nitrogens with one attached hydrogen (secondary N) is 2. The molecule has 0 saturated heterocycles. The molecule has 0 unspecified atom stereocenters. The van der Waals surface area contributed by atoms with Gasteiger partial charge in [-0.3, -0.25) is 9.89 Å². The molecule has 146 valence electrons. The number of alkyl halides is 3. The van der Waals surface area contributed by atoms with Crippen LogP contribution in [0.5, 0.6) is 11.5 Å². The molecule has 6 nitrogen and oxygen atoms in total. The summed E-state index contributed by atoms with van der Waals surface area (Å²) in [5.74, 6) is 0.0266. The molecular weight excluding hydrogens is 441 g/mol. The summed E-state index contributed by atoms with van der Waals surface area (Å²) in [6, 6.07) is 7.21. The summed E-state index contributed by atoms with van der Waals surface area (Å²) in [5.41, 5.74) is 1.30. The summed E-state index contributed by atoms with van der Waals surface area (Å²) in [6.45, 7) is 3.53. The molecule has 10 heteroatoms. The number of halogens is 4. The highest BCUT2D eigenvalue weighted by Gasteiger charge is 2.30. The van der Waals surface area contributed by atoms with Crippen LogP contribution >= 0.6 is 15.9 Å². The number of anilines is 1. The fraction of sp³-hybridized carbons (Fsp3) is 0.167. The van der Waals surface area contributed by atoms with Crippen LogP contribution < -0.4 is 10.1 Å². The van der Waals surface area contributed by atoms with Crippen LogP contribution in [0.3, 0.4) is 0 Å². The van der Waals surface area contributed by atoms with E-state index in [0.717, 1.165) is 12.1 Å². The van der Waals surface area contributed by atoms with Gasteiger partial charge in [0.05, 0.1) is 22.6 Å². The van der Waals surface area contributed by atoms with Gasteiger partial charge < -0.3 is 10.1 Å². The van der Waals surface area contributed by atoms with Crippen molar-refractivity contribution in [2.24, 2.45) is 0 Å². The minimum Gasteiger partial charge on any atom is -0.455 e. The second-order valence-corrected chi connectivity index (χ2v) is 6.62. The van der Waals surface area contributed by atoms with Crippen LogP contribution in [0.15, 0.2) is 41.0 Å². The van der Waals surface area contributed by atoms with Gasteiger partial charge in [-0.2, -0.15) is 18.3 Å². The molecule has 2 N–H and O–H groups in total. The summed E-state index contributed by atoms with van der Waals surface area (Å²) in [5, 5.41) is 9.50. The standard InChI is InChI=1S/C18H14BrF3N4O2/c1-9-15(10(2)26-25-9)24-17(27)13-7-8-14(16(19)23-13)28-12-5-3-11(4-6-12)18(20,21)22/h3-8H,1-2H3,(H,24,27)(H,25,26). The number of nitrogens with zero attached hydrogens (tertiary/aromatic N) is 2. The summed E-state index contributed by atoms with van der Waals surface area (Å²) in [4.78, 5) is 16.5. The van der Waals surface area contributed by atoms with E-state index in [4.69, 9.17) is 4.74 Å². The Morgan fingerprint density at radius 1 is 1.14 bits per heavy atom. The Morgan fingerprint density at radius 2 is 1.82 bits per heavy atom. The molecule has 0 aliphatic rings. The van der Waals surface area contributed by atoms with Crippen LogP contribution in [0.4, 0.5) is 18.9 Å². The van der Waals surface area contributed by atoms with Crippen LogP contribution in [-0.4, -0.2) is 21.1 Å². The minimum atomic E-state index is -4.42. The van der Waals surface area contributed by atoms with E-state index in [9.17, 15) is 18.0 Å². The van der Waals surface area contributed by atoms with Crippen molar-refractivity contribution in [3.63, 3.8) is 0 Å². The first-order valence-electron chi connectivity index (χ1n) is 7.99. The molecule has 3 rings (SSSR count). The van der Waals surface area contributed by atoms with Crippen molar-refractivity contribution in [3.05, 3.63) is 63.6 Å². The molecule has 0 fully saturated rings. The topological polar surface area (TPSA) is 79.9 Å². The van der Waals surface area contributed by atoms with E-state index < -0.39 is 17.6 Å². The SMILES string of the molecule is Cc1n[nH]c(C)c1NC(=O)c1ccc(Oc2ccc(C(F)(F)F)cc2)c(Br)n1. The average Bonchev–Trinajstić information content (AvgIpc) is 2.95. The van der Waals surface area contributed by atoms with Crippen molar-refractivity contribution in [1.82, 2.24) is 15.2 Å². The summed E-state index contributed by atoms with van der Waals surface area (Å²) in [7, 11) is 0. The van der Waals surface area contributed by atoms with Gasteiger partial charge in [0.25, 0.3) is 5.91 Å². The Labute approximate surface area is 166 Å². The highest BCUT2D eigenvalue weighted by Crippen LogP contribution is 2.33. The van der Waals surface area contributed by atoms with Crippen LogP contribution in [0, 0.1) is 13.8 Å². The number of H-pyrrole nitrogens is 1. The number of rotatable bonds is 4. The number of aromatic amines is 1. The quantitative estimate of drug-likeness (QED) is 0.527. The summed E-state index contributed by atoms with van der Waals surface area (Å²) < 4.78 is 43.6. The zero-order valence-electron chi connectivity index (χ0n) is 14.7. The lowest BCUT2D eigenvalue weighted by atomic mass is 10.2. The van der Waals surface area contributed by atoms with E-state index in [1.165, 1.54) is 24.3 Å². The van der Waals surface area contributed by atoms with Gasteiger partial charge in [-0.15, -0.1) is 0 Å². The minimum absolute atomic E-state index is 0.131. The predicted molar refractivity (Wildman–Crippen MR) is 99.5 cm³/mol. The first kappa shape index (κ1) is 19.9. The fourth-order valence-corrected chi connectivity index (χ4v) is 2.78. The lowest BCUT2D eigenvalue weighted by molar-refractivity contribution is -0.137. The Bertz CT molecular complexity index is 997. The number of hydrogen-bond donors (Lipinski definition) is 2. The predicted octanol–water partition coefficient (Wildman–Crippen LogP) is 5.25. The smallest absolute Gasteiger partial charge is 0.416 e. The molecular formula is C18H14BrF3N4O2. The van der Waals surface area contributed by atoms with E-state index >= 15 is 0 Å². The molecule has 0 aliphatic heterocycles. The number of benzene rings is 1. The molecule has 0 saturated carbocycles. The van der Waals surface area contributed by atoms with Crippen LogP contribution in [0.25, 0.3) is 0 Å². The monoisotopic (exact) mass is 454 g/mol. The number of hydrogen-bond acceptors (Lipinski definition) is 4. The lowest BCUT2D eigenvalue weighted by Crippen LogP contribution is -2.14. The third-order valence-corrected chi connectivity index (χ3v) is 4.39. The van der Waals surface area contributed by atoms with E-state index in [1.807, 2.05) is 0 Å². The van der Waals surface area contributed by atoms with Crippen LogP contribution in [-0.2, 0) is 6.18 Å². The Morgan fingerprint density at radius 3 is 2.36 bits per heavy atom. The summed E-state index contributed by atoms with van der Waals surface area (Å²) in [6.07, 6.45) is -4.42. The van der Waals surface area contributed by atoms with Gasteiger partial charge in [0, 0.05) is 0 Å². The van der Waals surface area contributed by atoms with Gasteiger partial charge in [0.15, 0.2) is 5.75 Å². The van der Waals surface area contributed by atoms with Gasteiger partial charge in [-0.1, -0.05) is 0 Å². The number of aryl methyl sites for hydroxylation is 2. The van der Waals surface area contributed by atoms with Crippen molar-refractivity contribution < 1.29 is 22.7 Å². The van der Waals surface area contributed by atoms with Gasteiger partial charge >= 0.3 is 6.18 Å². The molecule has 2 aromatic heterocycles. The first-order valence-corrected chi connectivity index (χ1v) is 8.79. The number of ether oxygens (including phenoxy) is 1. The molecule has 0 aliphatic carbocycles. The molecule has 1 amide bonds. The van der Waals surface area contributed by atoms with Crippen molar-refractivity contribution in [1.29, 1.82) is 0 Å². The molecule has 2 heterocycles. The van der Waals surface area contributed by atoms with Crippen molar-refractivity contribution >= 4 is 27.5 Å². The van der Waals surface area contributed by atoms with Gasteiger partial charge in [-0.25, -0.2) is 4.98 Å². The average molecular weight is 455 g/mol. The van der Waals surface area contributed by atoms with Crippen molar-refractivity contribution in [2.45, 2.75) is 20.0 Å². The molecule has 1 aromatic carbocycles. The Hall–Kier alpha value is -2.88. The maximum atomic E-state index is 12.6. The van der Waals surface area contributed by atoms with Crippen LogP contribution in [0.2, 0.25) is 0 Å². The fourth-order valence-electron chi connectivity index (χ4n) is 2.38. The van der Waals surface area contributed by atoms with E-state index in [0.29, 0.717) is 17.1 Å². The number of aromatic nitrogens is 3. The molecule has 0 spiro atoms. The zero-order valence-corrected chi connectivity index (χ0v) is 16.3.